The van der Waals surface area contributed by atoms with Crippen LogP contribution in [0.3, 0.4) is 0 Å². The fourth-order valence-electron chi connectivity index (χ4n) is 1.81. The summed E-state index contributed by atoms with van der Waals surface area (Å²) in [4.78, 5) is 12.2. The molecule has 6 nitrogen and oxygen atoms in total. The third-order valence-electron chi connectivity index (χ3n) is 2.69. The van der Waals surface area contributed by atoms with Gasteiger partial charge in [0.2, 0.25) is 5.75 Å². The van der Waals surface area contributed by atoms with Crippen LogP contribution >= 0.6 is 0 Å². The van der Waals surface area contributed by atoms with Crippen molar-refractivity contribution < 1.29 is 19.0 Å². The fraction of sp³-hybridized carbons (Fsp3) is 0.412. The number of hydrogen-bond acceptors (Lipinski definition) is 5. The minimum absolute atomic E-state index is 0.351. The van der Waals surface area contributed by atoms with Crippen LogP contribution < -0.4 is 19.6 Å². The van der Waals surface area contributed by atoms with E-state index in [1.807, 2.05) is 33.8 Å². The molecule has 6 heteroatoms. The maximum Gasteiger partial charge on any atom is 0.271 e. The average Bonchev–Trinajstić information content (AvgIpc) is 2.54. The van der Waals surface area contributed by atoms with E-state index < -0.39 is 0 Å². The zero-order valence-corrected chi connectivity index (χ0v) is 14.1. The molecule has 126 valence electrons. The van der Waals surface area contributed by atoms with E-state index in [4.69, 9.17) is 14.2 Å². The number of nitrogens with zero attached hydrogens (tertiary/aromatic N) is 1. The third-order valence-corrected chi connectivity index (χ3v) is 2.69. The van der Waals surface area contributed by atoms with Gasteiger partial charge < -0.3 is 14.2 Å². The first-order valence-corrected chi connectivity index (χ1v) is 7.68. The lowest BCUT2D eigenvalue weighted by Crippen LogP contribution is -2.18. The summed E-state index contributed by atoms with van der Waals surface area (Å²) in [5.74, 6) is 1.10. The van der Waals surface area contributed by atoms with Crippen LogP contribution in [0, 0.1) is 0 Å². The van der Waals surface area contributed by atoms with Crippen LogP contribution in [0.1, 0.15) is 38.1 Å². The topological polar surface area (TPSA) is 69.2 Å². The van der Waals surface area contributed by atoms with Crippen molar-refractivity contribution in [2.75, 3.05) is 19.8 Å². The van der Waals surface area contributed by atoms with Crippen LogP contribution in [-0.2, 0) is 0 Å². The Morgan fingerprint density at radius 2 is 1.65 bits per heavy atom. The molecule has 1 aromatic carbocycles. The van der Waals surface area contributed by atoms with Gasteiger partial charge in [-0.15, -0.1) is 0 Å². The SMILES string of the molecule is CC=CC=NNC(=O)c1cc(OCC)c(OCC)c(OCC)c1. The predicted molar refractivity (Wildman–Crippen MR) is 90.7 cm³/mol. The summed E-state index contributed by atoms with van der Waals surface area (Å²) in [6, 6.07) is 3.25. The molecule has 0 atom stereocenters. The molecule has 0 aromatic heterocycles. The first kappa shape index (κ1) is 18.5. The number of carbonyl (C=O) groups is 1. The van der Waals surface area contributed by atoms with Gasteiger partial charge in [0, 0.05) is 11.8 Å². The molecule has 1 amide bonds. The highest BCUT2D eigenvalue weighted by atomic mass is 16.5. The molecule has 23 heavy (non-hydrogen) atoms. The van der Waals surface area contributed by atoms with E-state index in [1.54, 1.807) is 18.2 Å². The first-order chi connectivity index (χ1) is 11.2. The number of rotatable bonds is 9. The van der Waals surface area contributed by atoms with E-state index in [1.165, 1.54) is 6.21 Å². The van der Waals surface area contributed by atoms with Gasteiger partial charge in [-0.3, -0.25) is 4.79 Å². The quantitative estimate of drug-likeness (QED) is 0.560. The minimum Gasteiger partial charge on any atom is -0.490 e. The normalized spacial score (nSPS) is 11.0. The summed E-state index contributed by atoms with van der Waals surface area (Å²) in [6.45, 7) is 8.85. The molecule has 0 radical (unpaired) electrons. The largest absolute Gasteiger partial charge is 0.490 e. The molecule has 0 fully saturated rings. The van der Waals surface area contributed by atoms with Crippen molar-refractivity contribution in [2.45, 2.75) is 27.7 Å². The van der Waals surface area contributed by atoms with E-state index in [0.717, 1.165) is 0 Å². The molecule has 0 bridgehead atoms. The predicted octanol–water partition coefficient (Wildman–Crippen LogP) is 3.17. The number of ether oxygens (including phenoxy) is 3. The van der Waals surface area contributed by atoms with Crippen LogP contribution in [0.4, 0.5) is 0 Å². The molecule has 0 saturated heterocycles. The third kappa shape index (κ3) is 5.65. The Hall–Kier alpha value is -2.50. The van der Waals surface area contributed by atoms with Crippen LogP contribution in [0.15, 0.2) is 29.4 Å². The highest BCUT2D eigenvalue weighted by Gasteiger charge is 2.18. The van der Waals surface area contributed by atoms with E-state index >= 15 is 0 Å². The summed E-state index contributed by atoms with van der Waals surface area (Å²) in [7, 11) is 0. The Morgan fingerprint density at radius 3 is 2.13 bits per heavy atom. The molecule has 0 aliphatic carbocycles. The maximum absolute atomic E-state index is 12.2. The van der Waals surface area contributed by atoms with Gasteiger partial charge in [0.1, 0.15) is 0 Å². The molecule has 1 aromatic rings. The summed E-state index contributed by atoms with van der Waals surface area (Å²) >= 11 is 0. The molecule has 0 saturated carbocycles. The Labute approximate surface area is 137 Å². The van der Waals surface area contributed by atoms with Crippen LogP contribution in [-0.4, -0.2) is 31.9 Å². The Kier molecular flexibility index (Phi) is 8.28. The van der Waals surface area contributed by atoms with Gasteiger partial charge in [-0.2, -0.15) is 5.10 Å². The molecule has 0 heterocycles. The number of nitrogens with one attached hydrogen (secondary N) is 1. The number of allylic oxidation sites excluding steroid dienone is 2. The zero-order chi connectivity index (χ0) is 17.1. The highest BCUT2D eigenvalue weighted by Crippen LogP contribution is 2.39. The number of hydrogen-bond donors (Lipinski definition) is 1. The maximum atomic E-state index is 12.2. The minimum atomic E-state index is -0.351. The standard InChI is InChI=1S/C17H24N2O4/c1-5-9-10-18-19-17(20)13-11-14(21-6-2)16(23-8-4)15(12-13)22-7-3/h5,9-12H,6-8H2,1-4H3,(H,19,20). The van der Waals surface area contributed by atoms with Gasteiger partial charge in [0.05, 0.1) is 19.8 Å². The van der Waals surface area contributed by atoms with Gasteiger partial charge in [0.15, 0.2) is 11.5 Å². The van der Waals surface area contributed by atoms with E-state index in [2.05, 4.69) is 10.5 Å². The molecular weight excluding hydrogens is 296 g/mol. The zero-order valence-electron chi connectivity index (χ0n) is 14.1. The van der Waals surface area contributed by atoms with Crippen molar-refractivity contribution in [1.29, 1.82) is 0 Å². The van der Waals surface area contributed by atoms with Crippen molar-refractivity contribution in [3.05, 3.63) is 29.8 Å². The van der Waals surface area contributed by atoms with E-state index in [-0.39, 0.29) is 5.91 Å². The highest BCUT2D eigenvalue weighted by molar-refractivity contribution is 5.96. The smallest absolute Gasteiger partial charge is 0.271 e. The first-order valence-electron chi connectivity index (χ1n) is 7.68. The van der Waals surface area contributed by atoms with Crippen LogP contribution in [0.25, 0.3) is 0 Å². The Balaban J connectivity index is 3.14. The fourth-order valence-corrected chi connectivity index (χ4v) is 1.81. The molecular formula is C17H24N2O4. The molecule has 1 N–H and O–H groups in total. The number of benzene rings is 1. The van der Waals surface area contributed by atoms with Gasteiger partial charge >= 0.3 is 0 Å². The lowest BCUT2D eigenvalue weighted by atomic mass is 10.1. The summed E-state index contributed by atoms with van der Waals surface area (Å²) in [6.07, 6.45) is 5.03. The van der Waals surface area contributed by atoms with Gasteiger partial charge in [-0.1, -0.05) is 6.08 Å². The lowest BCUT2D eigenvalue weighted by Gasteiger charge is -2.16. The summed E-state index contributed by atoms with van der Waals surface area (Å²) < 4.78 is 16.8. The van der Waals surface area contributed by atoms with Crippen LogP contribution in [0.2, 0.25) is 0 Å². The molecule has 0 spiro atoms. The molecule has 1 rings (SSSR count). The van der Waals surface area contributed by atoms with Crippen molar-refractivity contribution in [1.82, 2.24) is 5.43 Å². The van der Waals surface area contributed by atoms with Gasteiger partial charge in [-0.05, 0) is 45.9 Å². The Morgan fingerprint density at radius 1 is 1.09 bits per heavy atom. The van der Waals surface area contributed by atoms with E-state index in [9.17, 15) is 4.79 Å². The van der Waals surface area contributed by atoms with Crippen LogP contribution in [0.5, 0.6) is 17.2 Å². The second kappa shape index (κ2) is 10.3. The molecule has 0 aliphatic rings. The van der Waals surface area contributed by atoms with Gasteiger partial charge in [-0.25, -0.2) is 5.43 Å². The van der Waals surface area contributed by atoms with Crippen molar-refractivity contribution >= 4 is 12.1 Å². The second-order valence-electron chi connectivity index (χ2n) is 4.35. The van der Waals surface area contributed by atoms with Crippen molar-refractivity contribution in [3.8, 4) is 17.2 Å². The van der Waals surface area contributed by atoms with Crippen molar-refractivity contribution in [2.24, 2.45) is 5.10 Å². The number of carbonyl (C=O) groups excluding carboxylic acids is 1. The Bertz CT molecular complexity index is 541. The summed E-state index contributed by atoms with van der Waals surface area (Å²) in [5.41, 5.74) is 2.84. The number of hydrazone groups is 1. The lowest BCUT2D eigenvalue weighted by molar-refractivity contribution is 0.0954. The second-order valence-corrected chi connectivity index (χ2v) is 4.35. The molecule has 0 aliphatic heterocycles. The molecule has 0 unspecified atom stereocenters. The number of amides is 1. The average molecular weight is 320 g/mol. The summed E-state index contributed by atoms with van der Waals surface area (Å²) in [5, 5.41) is 3.82. The van der Waals surface area contributed by atoms with Crippen molar-refractivity contribution in [3.63, 3.8) is 0 Å². The van der Waals surface area contributed by atoms with Gasteiger partial charge in [0.25, 0.3) is 5.91 Å². The van der Waals surface area contributed by atoms with E-state index in [0.29, 0.717) is 42.6 Å². The monoisotopic (exact) mass is 320 g/mol.